The van der Waals surface area contributed by atoms with Crippen LogP contribution in [0.15, 0.2) is 4.52 Å². The van der Waals surface area contributed by atoms with Crippen LogP contribution in [0.5, 0.6) is 0 Å². The molecule has 1 amide bonds. The molecule has 5 atom stereocenters. The number of fused-ring (bicyclic) bond motifs is 2. The molecule has 3 rings (SSSR count). The van der Waals surface area contributed by atoms with Crippen LogP contribution < -0.4 is 11.1 Å². The Hall–Kier alpha value is -1.14. The van der Waals surface area contributed by atoms with Crippen LogP contribution in [0.3, 0.4) is 0 Å². The van der Waals surface area contributed by atoms with Gasteiger partial charge in [-0.1, -0.05) is 25.9 Å². The van der Waals surface area contributed by atoms with Crippen LogP contribution in [0.1, 0.15) is 64.7 Å². The summed E-state index contributed by atoms with van der Waals surface area (Å²) in [5, 5.41) is 7.01. The molecule has 0 radical (unpaired) electrons. The molecule has 130 valence electrons. The highest BCUT2D eigenvalue weighted by molar-refractivity contribution is 5.85. The van der Waals surface area contributed by atoms with E-state index in [9.17, 15) is 4.79 Å². The number of hydrogen-bond acceptors (Lipinski definition) is 5. The smallest absolute Gasteiger partial charge is 0.248 e. The molecule has 23 heavy (non-hydrogen) atoms. The Balaban J connectivity index is 0.00000192. The molecule has 2 fully saturated rings. The van der Waals surface area contributed by atoms with E-state index in [0.717, 1.165) is 12.8 Å². The number of rotatable bonds is 3. The Kier molecular flexibility index (Phi) is 5.06. The zero-order valence-corrected chi connectivity index (χ0v) is 15.0. The van der Waals surface area contributed by atoms with Crippen LogP contribution in [-0.2, 0) is 10.2 Å². The number of amides is 1. The van der Waals surface area contributed by atoms with Crippen molar-refractivity contribution in [1.82, 2.24) is 15.5 Å². The highest BCUT2D eigenvalue weighted by Crippen LogP contribution is 2.47. The molecule has 1 aromatic rings. The lowest BCUT2D eigenvalue weighted by atomic mass is 9.84. The summed E-state index contributed by atoms with van der Waals surface area (Å²) in [7, 11) is 0. The molecule has 6 nitrogen and oxygen atoms in total. The number of hydrogen-bond donors (Lipinski definition) is 2. The van der Waals surface area contributed by atoms with Crippen molar-refractivity contribution in [1.29, 1.82) is 0 Å². The van der Waals surface area contributed by atoms with Crippen LogP contribution >= 0.6 is 12.4 Å². The van der Waals surface area contributed by atoms with E-state index in [4.69, 9.17) is 10.3 Å². The molecule has 2 bridgehead atoms. The van der Waals surface area contributed by atoms with Gasteiger partial charge in [0.25, 0.3) is 0 Å². The second-order valence-corrected chi connectivity index (χ2v) is 7.87. The minimum Gasteiger partial charge on any atom is -0.344 e. The fourth-order valence-corrected chi connectivity index (χ4v) is 3.81. The second-order valence-electron chi connectivity index (χ2n) is 7.87. The molecule has 0 spiro atoms. The highest BCUT2D eigenvalue weighted by Gasteiger charge is 2.49. The number of nitrogens with one attached hydrogen (secondary N) is 1. The van der Waals surface area contributed by atoms with E-state index < -0.39 is 0 Å². The predicted octanol–water partition coefficient (Wildman–Crippen LogP) is 2.34. The molecule has 1 aromatic heterocycles. The quantitative estimate of drug-likeness (QED) is 0.879. The molecular formula is C16H27ClN4O2. The largest absolute Gasteiger partial charge is 0.344 e. The van der Waals surface area contributed by atoms with Crippen LogP contribution in [0, 0.1) is 17.8 Å². The van der Waals surface area contributed by atoms with Gasteiger partial charge in [0.05, 0.1) is 5.92 Å². The van der Waals surface area contributed by atoms with E-state index in [1.54, 1.807) is 0 Å². The van der Waals surface area contributed by atoms with Crippen molar-refractivity contribution in [2.45, 2.75) is 64.5 Å². The van der Waals surface area contributed by atoms with E-state index >= 15 is 0 Å². The van der Waals surface area contributed by atoms with Crippen molar-refractivity contribution in [2.75, 3.05) is 0 Å². The van der Waals surface area contributed by atoms with Gasteiger partial charge in [0.2, 0.25) is 11.8 Å². The fourth-order valence-electron chi connectivity index (χ4n) is 3.81. The maximum Gasteiger partial charge on any atom is 0.248 e. The third-order valence-electron chi connectivity index (χ3n) is 5.13. The van der Waals surface area contributed by atoms with Crippen LogP contribution in [0.25, 0.3) is 0 Å². The van der Waals surface area contributed by atoms with Gasteiger partial charge in [-0.2, -0.15) is 4.98 Å². The van der Waals surface area contributed by atoms with E-state index in [2.05, 4.69) is 15.5 Å². The first kappa shape index (κ1) is 18.2. The first-order chi connectivity index (χ1) is 10.3. The van der Waals surface area contributed by atoms with Crippen molar-refractivity contribution >= 4 is 18.3 Å². The molecule has 2 aliphatic rings. The summed E-state index contributed by atoms with van der Waals surface area (Å²) in [6.07, 6.45) is 3.39. The molecule has 3 N–H and O–H groups in total. The van der Waals surface area contributed by atoms with Gasteiger partial charge in [-0.15, -0.1) is 12.4 Å². The second kappa shape index (κ2) is 6.40. The third-order valence-corrected chi connectivity index (χ3v) is 5.13. The zero-order chi connectivity index (χ0) is 16.1. The lowest BCUT2D eigenvalue weighted by Gasteiger charge is -2.27. The molecule has 0 aromatic carbocycles. The molecule has 0 saturated heterocycles. The molecule has 2 aliphatic carbocycles. The summed E-state index contributed by atoms with van der Waals surface area (Å²) in [6.45, 7) is 7.95. The van der Waals surface area contributed by atoms with Gasteiger partial charge < -0.3 is 15.6 Å². The number of nitrogens with zero attached hydrogens (tertiary/aromatic N) is 2. The van der Waals surface area contributed by atoms with Gasteiger partial charge in [-0.3, -0.25) is 4.79 Å². The minimum atomic E-state index is -0.289. The Labute approximate surface area is 143 Å². The van der Waals surface area contributed by atoms with Crippen LogP contribution in [0.4, 0.5) is 0 Å². The Morgan fingerprint density at radius 3 is 2.52 bits per heavy atom. The van der Waals surface area contributed by atoms with Crippen molar-refractivity contribution in [3.8, 4) is 0 Å². The Morgan fingerprint density at radius 2 is 2.00 bits per heavy atom. The van der Waals surface area contributed by atoms with E-state index in [-0.39, 0.29) is 41.7 Å². The predicted molar refractivity (Wildman–Crippen MR) is 89.1 cm³/mol. The maximum atomic E-state index is 12.6. The van der Waals surface area contributed by atoms with Crippen molar-refractivity contribution in [3.63, 3.8) is 0 Å². The summed E-state index contributed by atoms with van der Waals surface area (Å²) >= 11 is 0. The Bertz CT molecular complexity index is 567. The first-order valence-corrected chi connectivity index (χ1v) is 8.17. The molecule has 5 unspecified atom stereocenters. The standard InChI is InChI=1S/C16H26N4O2.ClH/c1-8(14-19-15(20-22-14)16(2,3)4)18-13(21)11-9-5-6-10(7-9)12(11)17;/h8-12H,5-7,17H2,1-4H3,(H,18,21);1H. The number of aromatic nitrogens is 2. The van der Waals surface area contributed by atoms with Crippen molar-refractivity contribution < 1.29 is 9.32 Å². The highest BCUT2D eigenvalue weighted by atomic mass is 35.5. The minimum absolute atomic E-state index is 0. The molecule has 2 saturated carbocycles. The third kappa shape index (κ3) is 3.38. The topological polar surface area (TPSA) is 94.0 Å². The Morgan fingerprint density at radius 1 is 1.35 bits per heavy atom. The lowest BCUT2D eigenvalue weighted by Crippen LogP contribution is -2.45. The molecule has 7 heteroatoms. The average molecular weight is 343 g/mol. The molecular weight excluding hydrogens is 316 g/mol. The van der Waals surface area contributed by atoms with Gasteiger partial charge in [0.15, 0.2) is 5.82 Å². The van der Waals surface area contributed by atoms with Gasteiger partial charge >= 0.3 is 0 Å². The van der Waals surface area contributed by atoms with Crippen LogP contribution in [-0.4, -0.2) is 22.1 Å². The fraction of sp³-hybridized carbons (Fsp3) is 0.812. The van der Waals surface area contributed by atoms with E-state index in [1.807, 2.05) is 27.7 Å². The average Bonchev–Trinajstić information content (AvgIpc) is 3.12. The number of carbonyl (C=O) groups is 1. The number of halogens is 1. The van der Waals surface area contributed by atoms with E-state index in [0.29, 0.717) is 23.6 Å². The summed E-state index contributed by atoms with van der Waals surface area (Å²) in [4.78, 5) is 17.0. The summed E-state index contributed by atoms with van der Waals surface area (Å²) in [5.41, 5.74) is 6.06. The first-order valence-electron chi connectivity index (χ1n) is 8.17. The normalized spacial score (nSPS) is 30.8. The SMILES string of the molecule is CC(NC(=O)C1C2CCC(C2)C1N)c1nc(C(C)(C)C)no1.Cl. The monoisotopic (exact) mass is 342 g/mol. The van der Waals surface area contributed by atoms with Gasteiger partial charge in [0.1, 0.15) is 6.04 Å². The molecule has 0 aliphatic heterocycles. The van der Waals surface area contributed by atoms with E-state index in [1.165, 1.54) is 6.42 Å². The summed E-state index contributed by atoms with van der Waals surface area (Å²) < 4.78 is 5.30. The van der Waals surface area contributed by atoms with Crippen molar-refractivity contribution in [2.24, 2.45) is 23.5 Å². The van der Waals surface area contributed by atoms with Gasteiger partial charge in [-0.25, -0.2) is 0 Å². The number of carbonyl (C=O) groups excluding carboxylic acids is 1. The number of nitrogens with two attached hydrogens (primary N) is 1. The maximum absolute atomic E-state index is 12.6. The van der Waals surface area contributed by atoms with Crippen LogP contribution in [0.2, 0.25) is 0 Å². The molecule has 1 heterocycles. The zero-order valence-electron chi connectivity index (χ0n) is 14.2. The van der Waals surface area contributed by atoms with Crippen molar-refractivity contribution in [3.05, 3.63) is 11.7 Å². The summed E-state index contributed by atoms with van der Waals surface area (Å²) in [6, 6.07) is -0.291. The van der Waals surface area contributed by atoms with Gasteiger partial charge in [0, 0.05) is 11.5 Å². The lowest BCUT2D eigenvalue weighted by molar-refractivity contribution is -0.127. The summed E-state index contributed by atoms with van der Waals surface area (Å²) in [5.74, 6) is 2.04. The van der Waals surface area contributed by atoms with Gasteiger partial charge in [-0.05, 0) is 38.0 Å².